The summed E-state index contributed by atoms with van der Waals surface area (Å²) in [6, 6.07) is 2.27. The topological polar surface area (TPSA) is 121 Å². The Morgan fingerprint density at radius 1 is 1.33 bits per heavy atom. The lowest BCUT2D eigenvalue weighted by atomic mass is 9.98. The van der Waals surface area contributed by atoms with Gasteiger partial charge in [0.05, 0.1) is 12.8 Å². The molecule has 1 aliphatic carbocycles. The van der Waals surface area contributed by atoms with Crippen molar-refractivity contribution >= 4 is 23.8 Å². The molecule has 9 nitrogen and oxygen atoms in total. The largest absolute Gasteiger partial charge is 0.467 e. The molecule has 1 saturated heterocycles. The number of hydrogen-bond acceptors (Lipinski definition) is 5. The summed E-state index contributed by atoms with van der Waals surface area (Å²) >= 11 is 0. The normalized spacial score (nSPS) is 19.2. The molecule has 0 radical (unpaired) electrons. The van der Waals surface area contributed by atoms with Crippen LogP contribution in [0.25, 0.3) is 0 Å². The summed E-state index contributed by atoms with van der Waals surface area (Å²) in [6.07, 6.45) is 4.57. The number of imide groups is 1. The molecule has 3 rings (SSSR count). The van der Waals surface area contributed by atoms with E-state index in [0.29, 0.717) is 18.6 Å². The first-order chi connectivity index (χ1) is 12.9. The molecule has 1 saturated carbocycles. The van der Waals surface area contributed by atoms with Crippen molar-refractivity contribution in [2.24, 2.45) is 0 Å². The van der Waals surface area contributed by atoms with Crippen LogP contribution >= 0.6 is 0 Å². The van der Waals surface area contributed by atoms with Gasteiger partial charge in [-0.05, 0) is 31.9 Å². The van der Waals surface area contributed by atoms with Gasteiger partial charge in [0.2, 0.25) is 11.8 Å². The van der Waals surface area contributed by atoms with Crippen LogP contribution < -0.4 is 16.0 Å². The van der Waals surface area contributed by atoms with Gasteiger partial charge in [0.1, 0.15) is 17.3 Å². The van der Waals surface area contributed by atoms with Gasteiger partial charge in [-0.15, -0.1) is 0 Å². The summed E-state index contributed by atoms with van der Waals surface area (Å²) in [5.74, 6) is -0.383. The van der Waals surface area contributed by atoms with Gasteiger partial charge in [0.15, 0.2) is 0 Å². The van der Waals surface area contributed by atoms with Crippen molar-refractivity contribution < 1.29 is 23.6 Å². The zero-order valence-electron chi connectivity index (χ0n) is 15.2. The Morgan fingerprint density at radius 2 is 2.07 bits per heavy atom. The average molecular weight is 376 g/mol. The van der Waals surface area contributed by atoms with E-state index in [2.05, 4.69) is 16.0 Å². The highest BCUT2D eigenvalue weighted by atomic mass is 16.3. The first kappa shape index (κ1) is 18.9. The van der Waals surface area contributed by atoms with E-state index >= 15 is 0 Å². The molecule has 1 aromatic rings. The molecule has 9 heteroatoms. The summed E-state index contributed by atoms with van der Waals surface area (Å²) < 4.78 is 5.12. The number of urea groups is 1. The molecular weight excluding hydrogens is 352 g/mol. The van der Waals surface area contributed by atoms with E-state index in [-0.39, 0.29) is 31.3 Å². The number of nitrogens with zero attached hydrogens (tertiary/aromatic N) is 1. The second-order valence-corrected chi connectivity index (χ2v) is 7.01. The van der Waals surface area contributed by atoms with Gasteiger partial charge >= 0.3 is 6.03 Å². The van der Waals surface area contributed by atoms with Crippen LogP contribution in [0.4, 0.5) is 4.79 Å². The SMILES string of the molecule is CC(NC(=O)CCN1C(=O)NC2(CCCC2)C1=O)C(=O)NCc1ccco1. The summed E-state index contributed by atoms with van der Waals surface area (Å²) in [5.41, 5.74) is -0.771. The smallest absolute Gasteiger partial charge is 0.325 e. The van der Waals surface area contributed by atoms with Crippen molar-refractivity contribution in [3.05, 3.63) is 24.2 Å². The highest BCUT2D eigenvalue weighted by molar-refractivity contribution is 6.07. The molecule has 1 atom stereocenters. The number of carbonyl (C=O) groups is 4. The maximum Gasteiger partial charge on any atom is 0.325 e. The van der Waals surface area contributed by atoms with Gasteiger partial charge < -0.3 is 20.4 Å². The molecule has 0 aromatic carbocycles. The fraction of sp³-hybridized carbons (Fsp3) is 0.556. The summed E-state index contributed by atoms with van der Waals surface area (Å²) in [5, 5.41) is 8.01. The Kier molecular flexibility index (Phi) is 5.48. The van der Waals surface area contributed by atoms with Gasteiger partial charge in [-0.3, -0.25) is 19.3 Å². The first-order valence-corrected chi connectivity index (χ1v) is 9.15. The van der Waals surface area contributed by atoms with E-state index in [1.54, 1.807) is 19.1 Å². The van der Waals surface area contributed by atoms with Crippen LogP contribution in [-0.2, 0) is 20.9 Å². The molecule has 2 heterocycles. The van der Waals surface area contributed by atoms with E-state index in [1.165, 1.54) is 6.26 Å². The third-order valence-corrected chi connectivity index (χ3v) is 5.05. The number of furan rings is 1. The molecule has 27 heavy (non-hydrogen) atoms. The van der Waals surface area contributed by atoms with Gasteiger partial charge in [-0.25, -0.2) is 4.79 Å². The summed E-state index contributed by atoms with van der Waals surface area (Å²) in [7, 11) is 0. The molecule has 146 valence electrons. The molecule has 1 spiro atoms. The molecule has 3 N–H and O–H groups in total. The van der Waals surface area contributed by atoms with Crippen LogP contribution in [0.2, 0.25) is 0 Å². The van der Waals surface area contributed by atoms with Crippen LogP contribution in [0, 0.1) is 0 Å². The van der Waals surface area contributed by atoms with E-state index in [0.717, 1.165) is 17.7 Å². The van der Waals surface area contributed by atoms with E-state index in [4.69, 9.17) is 4.42 Å². The van der Waals surface area contributed by atoms with E-state index in [9.17, 15) is 19.2 Å². The second kappa shape index (κ2) is 7.81. The van der Waals surface area contributed by atoms with Crippen molar-refractivity contribution in [2.75, 3.05) is 6.54 Å². The molecule has 1 unspecified atom stereocenters. The van der Waals surface area contributed by atoms with Crippen LogP contribution in [0.1, 0.15) is 44.8 Å². The average Bonchev–Trinajstić information content (AvgIpc) is 3.35. The fourth-order valence-corrected chi connectivity index (χ4v) is 3.53. The lowest BCUT2D eigenvalue weighted by molar-refractivity contribution is -0.132. The number of amides is 5. The Bertz CT molecular complexity index is 724. The molecule has 1 aliphatic heterocycles. The predicted molar refractivity (Wildman–Crippen MR) is 94.2 cm³/mol. The Labute approximate surface area is 156 Å². The maximum absolute atomic E-state index is 12.5. The fourth-order valence-electron chi connectivity index (χ4n) is 3.53. The van der Waals surface area contributed by atoms with Crippen LogP contribution in [0.15, 0.2) is 22.8 Å². The Morgan fingerprint density at radius 3 is 2.74 bits per heavy atom. The standard InChI is InChI=1S/C18H24N4O5/c1-12(15(24)19-11-13-5-4-10-27-13)20-14(23)6-9-22-16(25)18(21-17(22)26)7-2-3-8-18/h4-5,10,12H,2-3,6-9,11H2,1H3,(H,19,24)(H,20,23)(H,21,26). The van der Waals surface area contributed by atoms with E-state index < -0.39 is 23.5 Å². The van der Waals surface area contributed by atoms with Crippen molar-refractivity contribution in [3.8, 4) is 0 Å². The van der Waals surface area contributed by atoms with Crippen LogP contribution in [-0.4, -0.2) is 46.8 Å². The van der Waals surface area contributed by atoms with Crippen molar-refractivity contribution in [2.45, 2.75) is 57.2 Å². The van der Waals surface area contributed by atoms with Gasteiger partial charge in [0.25, 0.3) is 5.91 Å². The zero-order chi connectivity index (χ0) is 19.4. The highest BCUT2D eigenvalue weighted by Crippen LogP contribution is 2.34. The minimum absolute atomic E-state index is 0.00101. The first-order valence-electron chi connectivity index (χ1n) is 9.15. The molecule has 1 aromatic heterocycles. The minimum atomic E-state index is -0.771. The number of carbonyl (C=O) groups excluding carboxylic acids is 4. The third-order valence-electron chi connectivity index (χ3n) is 5.05. The number of rotatable bonds is 7. The maximum atomic E-state index is 12.5. The summed E-state index contributed by atoms with van der Waals surface area (Å²) in [4.78, 5) is 49.8. The van der Waals surface area contributed by atoms with Crippen molar-refractivity contribution in [3.63, 3.8) is 0 Å². The van der Waals surface area contributed by atoms with Gasteiger partial charge in [-0.2, -0.15) is 0 Å². The summed E-state index contributed by atoms with van der Waals surface area (Å²) in [6.45, 7) is 1.80. The molecular formula is C18H24N4O5. The Hall–Kier alpha value is -2.84. The quantitative estimate of drug-likeness (QED) is 0.604. The zero-order valence-corrected chi connectivity index (χ0v) is 15.2. The van der Waals surface area contributed by atoms with Crippen molar-refractivity contribution in [1.29, 1.82) is 0 Å². The second-order valence-electron chi connectivity index (χ2n) is 7.01. The molecule has 0 bridgehead atoms. The van der Waals surface area contributed by atoms with E-state index in [1.807, 2.05) is 0 Å². The third kappa shape index (κ3) is 4.12. The van der Waals surface area contributed by atoms with Crippen LogP contribution in [0.3, 0.4) is 0 Å². The molecule has 5 amide bonds. The molecule has 2 aliphatic rings. The van der Waals surface area contributed by atoms with Gasteiger partial charge in [-0.1, -0.05) is 12.8 Å². The monoisotopic (exact) mass is 376 g/mol. The Balaban J connectivity index is 1.43. The highest BCUT2D eigenvalue weighted by Gasteiger charge is 2.52. The molecule has 2 fully saturated rings. The van der Waals surface area contributed by atoms with Crippen molar-refractivity contribution in [1.82, 2.24) is 20.9 Å². The predicted octanol–water partition coefficient (Wildman–Crippen LogP) is 0.655. The number of hydrogen-bond donors (Lipinski definition) is 3. The lowest BCUT2D eigenvalue weighted by Gasteiger charge is -2.20. The van der Waals surface area contributed by atoms with Gasteiger partial charge in [0, 0.05) is 13.0 Å². The van der Waals surface area contributed by atoms with Crippen LogP contribution in [0.5, 0.6) is 0 Å². The minimum Gasteiger partial charge on any atom is -0.467 e. The lowest BCUT2D eigenvalue weighted by Crippen LogP contribution is -2.46. The number of nitrogens with one attached hydrogen (secondary N) is 3.